The second-order valence-electron chi connectivity index (χ2n) is 6.00. The topological polar surface area (TPSA) is 56.8 Å². The van der Waals surface area contributed by atoms with Crippen molar-refractivity contribution in [3.8, 4) is 0 Å². The maximum atomic E-state index is 12.2. The number of nitrogens with zero attached hydrogens (tertiary/aromatic N) is 4. The maximum Gasteiger partial charge on any atom is 0.281 e. The van der Waals surface area contributed by atoms with Gasteiger partial charge in [-0.15, -0.1) is 0 Å². The predicted molar refractivity (Wildman–Crippen MR) is 92.9 cm³/mol. The van der Waals surface area contributed by atoms with Gasteiger partial charge in [-0.05, 0) is 24.6 Å². The number of anilines is 1. The Morgan fingerprint density at radius 2 is 1.74 bits per heavy atom. The number of hydrogen-bond acceptors (Lipinski definition) is 4. The van der Waals surface area contributed by atoms with Gasteiger partial charge in [0, 0.05) is 45.7 Å². The van der Waals surface area contributed by atoms with E-state index in [1.807, 2.05) is 18.2 Å². The number of aromatic nitrogens is 1. The second-order valence-corrected chi connectivity index (χ2v) is 8.14. The number of hydrogen-bond donors (Lipinski definition) is 0. The average molecular weight is 334 g/mol. The molecule has 1 aliphatic rings. The number of piperazine rings is 1. The lowest BCUT2D eigenvalue weighted by Gasteiger charge is -2.36. The van der Waals surface area contributed by atoms with Crippen LogP contribution in [0.3, 0.4) is 0 Å². The van der Waals surface area contributed by atoms with E-state index < -0.39 is 10.2 Å². The number of aryl methyl sites for hydroxylation is 1. The summed E-state index contributed by atoms with van der Waals surface area (Å²) in [7, 11) is -0.198. The van der Waals surface area contributed by atoms with E-state index in [2.05, 4.69) is 24.0 Å². The molecule has 1 aliphatic heterocycles. The summed E-state index contributed by atoms with van der Waals surface area (Å²) in [5.74, 6) is 0.950. The lowest BCUT2D eigenvalue weighted by molar-refractivity contribution is 0.355. The molecule has 6 nitrogen and oxygen atoms in total. The van der Waals surface area contributed by atoms with Gasteiger partial charge in [-0.2, -0.15) is 17.0 Å². The van der Waals surface area contributed by atoms with Gasteiger partial charge in [-0.25, -0.2) is 4.98 Å². The standard InChI is InChI=1S/C16H22N4O2S/c1-13-12-14-6-4-5-7-15(14)17-16(13)19-8-10-20(11-9-19)23(21,22)18(2)3/h4-7,12H,8-11H2,1-3H3. The highest BCUT2D eigenvalue weighted by Gasteiger charge is 2.29. The van der Waals surface area contributed by atoms with E-state index in [4.69, 9.17) is 4.98 Å². The molecule has 0 N–H and O–H groups in total. The molecule has 0 bridgehead atoms. The summed E-state index contributed by atoms with van der Waals surface area (Å²) >= 11 is 0. The molecule has 0 amide bonds. The molecule has 0 unspecified atom stereocenters. The van der Waals surface area contributed by atoms with Crippen LogP contribution in [0.4, 0.5) is 5.82 Å². The van der Waals surface area contributed by atoms with Crippen molar-refractivity contribution in [1.82, 2.24) is 13.6 Å². The molecular formula is C16H22N4O2S. The van der Waals surface area contributed by atoms with Crippen LogP contribution < -0.4 is 4.90 Å². The SMILES string of the molecule is Cc1cc2ccccc2nc1N1CCN(S(=O)(=O)N(C)C)CC1. The van der Waals surface area contributed by atoms with Crippen LogP contribution in [0.25, 0.3) is 10.9 Å². The minimum Gasteiger partial charge on any atom is -0.354 e. The Morgan fingerprint density at radius 1 is 1.09 bits per heavy atom. The van der Waals surface area contributed by atoms with E-state index in [-0.39, 0.29) is 0 Å². The molecule has 1 aromatic heterocycles. The van der Waals surface area contributed by atoms with Gasteiger partial charge in [-0.3, -0.25) is 0 Å². The van der Waals surface area contributed by atoms with E-state index in [1.165, 1.54) is 8.61 Å². The smallest absolute Gasteiger partial charge is 0.281 e. The van der Waals surface area contributed by atoms with Gasteiger partial charge in [0.2, 0.25) is 0 Å². The monoisotopic (exact) mass is 334 g/mol. The van der Waals surface area contributed by atoms with Crippen LogP contribution in [0.5, 0.6) is 0 Å². The Labute approximate surface area is 137 Å². The van der Waals surface area contributed by atoms with Crippen molar-refractivity contribution in [2.45, 2.75) is 6.92 Å². The third kappa shape index (κ3) is 3.04. The molecule has 7 heteroatoms. The summed E-state index contributed by atoms with van der Waals surface area (Å²) in [6.45, 7) is 4.32. The van der Waals surface area contributed by atoms with Gasteiger partial charge in [-0.1, -0.05) is 18.2 Å². The number of fused-ring (bicyclic) bond motifs is 1. The molecule has 23 heavy (non-hydrogen) atoms. The first kappa shape index (κ1) is 16.2. The van der Waals surface area contributed by atoms with Gasteiger partial charge < -0.3 is 4.90 Å². The number of para-hydroxylation sites is 1. The van der Waals surface area contributed by atoms with Crippen molar-refractivity contribution < 1.29 is 8.42 Å². The van der Waals surface area contributed by atoms with Gasteiger partial charge in [0.05, 0.1) is 5.52 Å². The first-order chi connectivity index (χ1) is 10.9. The number of rotatable bonds is 3. The van der Waals surface area contributed by atoms with Crippen LogP contribution in [0.2, 0.25) is 0 Å². The quantitative estimate of drug-likeness (QED) is 0.853. The zero-order valence-electron chi connectivity index (χ0n) is 13.7. The van der Waals surface area contributed by atoms with Gasteiger partial charge in [0.15, 0.2) is 0 Å². The molecule has 0 saturated carbocycles. The summed E-state index contributed by atoms with van der Waals surface area (Å²) < 4.78 is 27.2. The third-order valence-corrected chi connectivity index (χ3v) is 6.15. The summed E-state index contributed by atoms with van der Waals surface area (Å²) in [5, 5.41) is 1.13. The molecule has 3 rings (SSSR count). The van der Waals surface area contributed by atoms with E-state index in [0.717, 1.165) is 22.3 Å². The lowest BCUT2D eigenvalue weighted by atomic mass is 10.1. The molecule has 1 saturated heterocycles. The Morgan fingerprint density at radius 3 is 2.39 bits per heavy atom. The molecule has 0 atom stereocenters. The molecule has 2 aromatic rings. The van der Waals surface area contributed by atoms with Gasteiger partial charge in [0.1, 0.15) is 5.82 Å². The Bertz CT molecular complexity index is 812. The van der Waals surface area contributed by atoms with E-state index in [9.17, 15) is 8.42 Å². The minimum absolute atomic E-state index is 0.481. The number of pyridine rings is 1. The summed E-state index contributed by atoms with van der Waals surface area (Å²) in [6.07, 6.45) is 0. The predicted octanol–water partition coefficient (Wildman–Crippen LogP) is 1.47. The third-order valence-electron chi connectivity index (χ3n) is 4.21. The average Bonchev–Trinajstić information content (AvgIpc) is 2.54. The van der Waals surface area contributed by atoms with Crippen LogP contribution >= 0.6 is 0 Å². The first-order valence-corrected chi connectivity index (χ1v) is 9.08. The van der Waals surface area contributed by atoms with Crippen molar-refractivity contribution >= 4 is 26.9 Å². The molecule has 0 aliphatic carbocycles. The van der Waals surface area contributed by atoms with Crippen molar-refractivity contribution in [3.05, 3.63) is 35.9 Å². The molecule has 1 fully saturated rings. The Hall–Kier alpha value is -1.70. The molecule has 1 aromatic carbocycles. The van der Waals surface area contributed by atoms with Crippen LogP contribution in [-0.4, -0.2) is 62.3 Å². The molecule has 0 spiro atoms. The highest BCUT2D eigenvalue weighted by molar-refractivity contribution is 7.86. The van der Waals surface area contributed by atoms with Crippen LogP contribution in [0.15, 0.2) is 30.3 Å². The highest BCUT2D eigenvalue weighted by Crippen LogP contribution is 2.24. The molecule has 124 valence electrons. The van der Waals surface area contributed by atoms with Gasteiger partial charge >= 0.3 is 0 Å². The zero-order valence-corrected chi connectivity index (χ0v) is 14.5. The van der Waals surface area contributed by atoms with E-state index >= 15 is 0 Å². The van der Waals surface area contributed by atoms with E-state index in [1.54, 1.807) is 14.1 Å². The normalized spacial score (nSPS) is 17.1. The minimum atomic E-state index is -3.33. The summed E-state index contributed by atoms with van der Waals surface area (Å²) in [5.41, 5.74) is 2.09. The second kappa shape index (κ2) is 6.07. The largest absolute Gasteiger partial charge is 0.354 e. The van der Waals surface area contributed by atoms with Crippen molar-refractivity contribution in [2.75, 3.05) is 45.2 Å². The fraction of sp³-hybridized carbons (Fsp3) is 0.438. The van der Waals surface area contributed by atoms with Crippen LogP contribution in [-0.2, 0) is 10.2 Å². The summed E-state index contributed by atoms with van der Waals surface area (Å²) in [4.78, 5) is 6.94. The lowest BCUT2D eigenvalue weighted by Crippen LogP contribution is -2.52. The fourth-order valence-electron chi connectivity index (χ4n) is 2.89. The Kier molecular flexibility index (Phi) is 4.27. The van der Waals surface area contributed by atoms with E-state index in [0.29, 0.717) is 26.2 Å². The Balaban J connectivity index is 1.82. The van der Waals surface area contributed by atoms with Crippen molar-refractivity contribution in [3.63, 3.8) is 0 Å². The molecule has 0 radical (unpaired) electrons. The fourth-order valence-corrected chi connectivity index (χ4v) is 3.98. The maximum absolute atomic E-state index is 12.2. The van der Waals surface area contributed by atoms with Crippen LogP contribution in [0.1, 0.15) is 5.56 Å². The van der Waals surface area contributed by atoms with Gasteiger partial charge in [0.25, 0.3) is 10.2 Å². The van der Waals surface area contributed by atoms with Crippen LogP contribution in [0, 0.1) is 6.92 Å². The zero-order chi connectivity index (χ0) is 16.6. The summed E-state index contributed by atoms with van der Waals surface area (Å²) in [6, 6.07) is 10.2. The molecule has 2 heterocycles. The van der Waals surface area contributed by atoms with Crippen molar-refractivity contribution in [2.24, 2.45) is 0 Å². The molecular weight excluding hydrogens is 312 g/mol. The highest BCUT2D eigenvalue weighted by atomic mass is 32.2. The number of benzene rings is 1. The van der Waals surface area contributed by atoms with Crippen molar-refractivity contribution in [1.29, 1.82) is 0 Å². The first-order valence-electron chi connectivity index (χ1n) is 7.68.